The summed E-state index contributed by atoms with van der Waals surface area (Å²) in [5.74, 6) is 0.794. The summed E-state index contributed by atoms with van der Waals surface area (Å²) in [6, 6.07) is 3.57. The normalized spacial score (nSPS) is 10.1. The van der Waals surface area contributed by atoms with Crippen LogP contribution in [0, 0.1) is 6.92 Å². The van der Waals surface area contributed by atoms with Gasteiger partial charge >= 0.3 is 0 Å². The van der Waals surface area contributed by atoms with E-state index in [4.69, 9.17) is 11.6 Å². The fourth-order valence-electron chi connectivity index (χ4n) is 1.15. The average Bonchev–Trinajstić information content (AvgIpc) is 2.64. The molecule has 2 rings (SSSR count). The highest BCUT2D eigenvalue weighted by Gasteiger charge is 2.04. The van der Waals surface area contributed by atoms with Crippen LogP contribution >= 0.6 is 11.6 Å². The summed E-state index contributed by atoms with van der Waals surface area (Å²) >= 11 is 6.01. The fourth-order valence-corrected chi connectivity index (χ4v) is 1.39. The second-order valence-electron chi connectivity index (χ2n) is 2.85. The quantitative estimate of drug-likeness (QED) is 0.798. The van der Waals surface area contributed by atoms with Crippen LogP contribution in [0.25, 0.3) is 0 Å². The van der Waals surface area contributed by atoms with Crippen LogP contribution in [-0.2, 0) is 0 Å². The third-order valence-electron chi connectivity index (χ3n) is 1.85. The number of anilines is 2. The van der Waals surface area contributed by atoms with E-state index in [1.54, 1.807) is 18.5 Å². The van der Waals surface area contributed by atoms with Gasteiger partial charge in [-0.1, -0.05) is 11.6 Å². The van der Waals surface area contributed by atoms with Gasteiger partial charge in [-0.2, -0.15) is 5.10 Å². The van der Waals surface area contributed by atoms with E-state index < -0.39 is 0 Å². The van der Waals surface area contributed by atoms with E-state index >= 15 is 0 Å². The molecule has 2 aromatic rings. The number of aromatic nitrogens is 3. The van der Waals surface area contributed by atoms with Crippen molar-refractivity contribution in [1.29, 1.82) is 0 Å². The number of halogens is 1. The molecule has 2 N–H and O–H groups in total. The zero-order valence-corrected chi connectivity index (χ0v) is 8.34. The average molecular weight is 209 g/mol. The second kappa shape index (κ2) is 3.67. The number of nitrogens with one attached hydrogen (secondary N) is 2. The summed E-state index contributed by atoms with van der Waals surface area (Å²) < 4.78 is 0. The number of aryl methyl sites for hydroxylation is 1. The molecule has 5 heteroatoms. The van der Waals surface area contributed by atoms with Crippen LogP contribution in [0.1, 0.15) is 5.69 Å². The fraction of sp³-hybridized carbons (Fsp3) is 0.111. The minimum absolute atomic E-state index is 0.645. The first-order chi connectivity index (χ1) is 6.77. The first kappa shape index (κ1) is 9.02. The van der Waals surface area contributed by atoms with Gasteiger partial charge in [0.2, 0.25) is 0 Å². The molecule has 2 aromatic heterocycles. The van der Waals surface area contributed by atoms with Crippen molar-refractivity contribution in [3.8, 4) is 0 Å². The van der Waals surface area contributed by atoms with Crippen LogP contribution in [0.2, 0.25) is 5.02 Å². The lowest BCUT2D eigenvalue weighted by Crippen LogP contribution is -1.96. The van der Waals surface area contributed by atoms with E-state index in [9.17, 15) is 0 Å². The molecule has 2 heterocycles. The Labute approximate surface area is 86.3 Å². The predicted octanol–water partition coefficient (Wildman–Crippen LogP) is 2.51. The maximum atomic E-state index is 6.01. The van der Waals surface area contributed by atoms with Gasteiger partial charge in [0.25, 0.3) is 0 Å². The number of nitrogens with zero attached hydrogens (tertiary/aromatic N) is 2. The van der Waals surface area contributed by atoms with Gasteiger partial charge in [0.05, 0.1) is 22.6 Å². The zero-order valence-electron chi connectivity index (χ0n) is 7.58. The van der Waals surface area contributed by atoms with Crippen molar-refractivity contribution in [3.63, 3.8) is 0 Å². The Kier molecular flexibility index (Phi) is 2.37. The van der Waals surface area contributed by atoms with Crippen LogP contribution in [0.5, 0.6) is 0 Å². The first-order valence-electron chi connectivity index (χ1n) is 4.15. The molecule has 0 aliphatic rings. The molecule has 0 aromatic carbocycles. The summed E-state index contributed by atoms with van der Waals surface area (Å²) in [5, 5.41) is 10.4. The van der Waals surface area contributed by atoms with Crippen LogP contribution in [0.4, 0.5) is 11.5 Å². The number of hydrogen-bond acceptors (Lipinski definition) is 3. The number of hydrogen-bond donors (Lipinski definition) is 2. The maximum Gasteiger partial charge on any atom is 0.125 e. The second-order valence-corrected chi connectivity index (χ2v) is 3.26. The number of rotatable bonds is 2. The molecule has 0 unspecified atom stereocenters. The smallest absolute Gasteiger partial charge is 0.125 e. The molecule has 72 valence electrons. The maximum absolute atomic E-state index is 6.01. The Bertz CT molecular complexity index is 404. The highest BCUT2D eigenvalue weighted by Crippen LogP contribution is 2.25. The van der Waals surface area contributed by atoms with Gasteiger partial charge in [-0.05, 0) is 13.0 Å². The van der Waals surface area contributed by atoms with Crippen LogP contribution in [0.3, 0.4) is 0 Å². The topological polar surface area (TPSA) is 53.6 Å². The molecule has 0 radical (unpaired) electrons. The van der Waals surface area contributed by atoms with E-state index in [0.29, 0.717) is 5.02 Å². The largest absolute Gasteiger partial charge is 0.338 e. The first-order valence-corrected chi connectivity index (χ1v) is 4.52. The van der Waals surface area contributed by atoms with Crippen molar-refractivity contribution >= 4 is 23.1 Å². The number of aromatic amines is 1. The molecule has 14 heavy (non-hydrogen) atoms. The van der Waals surface area contributed by atoms with Crippen LogP contribution in [0.15, 0.2) is 24.5 Å². The van der Waals surface area contributed by atoms with E-state index in [2.05, 4.69) is 20.5 Å². The van der Waals surface area contributed by atoms with Gasteiger partial charge in [0, 0.05) is 12.3 Å². The van der Waals surface area contributed by atoms with Gasteiger partial charge in [-0.3, -0.25) is 10.1 Å². The Morgan fingerprint density at radius 1 is 1.36 bits per heavy atom. The molecule has 0 aliphatic carbocycles. The van der Waals surface area contributed by atoms with Crippen molar-refractivity contribution in [2.45, 2.75) is 6.92 Å². The molecule has 0 atom stereocenters. The number of pyridine rings is 1. The Hall–Kier alpha value is -1.55. The third kappa shape index (κ3) is 1.70. The Morgan fingerprint density at radius 3 is 2.86 bits per heavy atom. The Balaban J connectivity index is 2.33. The van der Waals surface area contributed by atoms with Crippen molar-refractivity contribution in [1.82, 2.24) is 15.2 Å². The highest BCUT2D eigenvalue weighted by atomic mass is 35.5. The third-order valence-corrected chi connectivity index (χ3v) is 2.17. The van der Waals surface area contributed by atoms with Gasteiger partial charge in [0.15, 0.2) is 0 Å². The highest BCUT2D eigenvalue weighted by molar-refractivity contribution is 6.33. The molecule has 0 saturated carbocycles. The van der Waals surface area contributed by atoms with Crippen molar-refractivity contribution in [2.75, 3.05) is 5.32 Å². The molecule has 0 saturated heterocycles. The van der Waals surface area contributed by atoms with E-state index in [1.807, 2.05) is 13.0 Å². The predicted molar refractivity (Wildman–Crippen MR) is 55.9 cm³/mol. The van der Waals surface area contributed by atoms with E-state index in [-0.39, 0.29) is 0 Å². The summed E-state index contributed by atoms with van der Waals surface area (Å²) in [5.41, 5.74) is 1.66. The van der Waals surface area contributed by atoms with Crippen LogP contribution in [-0.4, -0.2) is 15.2 Å². The van der Waals surface area contributed by atoms with Gasteiger partial charge in [0.1, 0.15) is 5.82 Å². The van der Waals surface area contributed by atoms with Gasteiger partial charge < -0.3 is 5.32 Å². The Morgan fingerprint density at radius 2 is 2.21 bits per heavy atom. The van der Waals surface area contributed by atoms with Crippen LogP contribution < -0.4 is 5.32 Å². The molecule has 0 fully saturated rings. The molecular weight excluding hydrogens is 200 g/mol. The zero-order chi connectivity index (χ0) is 9.97. The van der Waals surface area contributed by atoms with E-state index in [0.717, 1.165) is 17.2 Å². The van der Waals surface area contributed by atoms with Crippen molar-refractivity contribution in [3.05, 3.63) is 35.2 Å². The molecule has 0 spiro atoms. The summed E-state index contributed by atoms with van der Waals surface area (Å²) in [6.07, 6.45) is 3.34. The summed E-state index contributed by atoms with van der Waals surface area (Å²) in [7, 11) is 0. The molecular formula is C9H9ClN4. The molecule has 4 nitrogen and oxygen atoms in total. The lowest BCUT2D eigenvalue weighted by molar-refractivity contribution is 1.09. The molecule has 0 bridgehead atoms. The SMILES string of the molecule is Cc1nccc(Cl)c1Nc1ccn[nH]1. The van der Waals surface area contributed by atoms with Gasteiger partial charge in [-0.15, -0.1) is 0 Å². The minimum atomic E-state index is 0.645. The summed E-state index contributed by atoms with van der Waals surface area (Å²) in [4.78, 5) is 4.14. The summed E-state index contributed by atoms with van der Waals surface area (Å²) in [6.45, 7) is 1.89. The lowest BCUT2D eigenvalue weighted by atomic mass is 10.3. The minimum Gasteiger partial charge on any atom is -0.338 e. The molecule has 0 amide bonds. The standard InChI is InChI=1S/C9H9ClN4/c1-6-9(7(10)2-4-11-6)13-8-3-5-12-14-8/h2-5H,1H3,(H2,12,13,14). The monoisotopic (exact) mass is 208 g/mol. The number of H-pyrrole nitrogens is 1. The van der Waals surface area contributed by atoms with Crippen molar-refractivity contribution in [2.24, 2.45) is 0 Å². The van der Waals surface area contributed by atoms with Crippen molar-refractivity contribution < 1.29 is 0 Å². The molecule has 0 aliphatic heterocycles. The van der Waals surface area contributed by atoms with Gasteiger partial charge in [-0.25, -0.2) is 0 Å². The lowest BCUT2D eigenvalue weighted by Gasteiger charge is -2.07. The van der Waals surface area contributed by atoms with E-state index in [1.165, 1.54) is 0 Å².